The standard InChI is InChI=1S/C6H11N2O/c7-6(9)5-1-3-8-4-2-5/h5H,1-4H2,(H2,7,9). The Morgan fingerprint density at radius 2 is 2.00 bits per heavy atom. The molecule has 3 nitrogen and oxygen atoms in total. The van der Waals surface area contributed by atoms with Crippen LogP contribution in [0.3, 0.4) is 0 Å². The molecule has 0 atom stereocenters. The maximum atomic E-state index is 10.5. The molecule has 1 amide bonds. The molecule has 1 heterocycles. The minimum Gasteiger partial charge on any atom is -0.369 e. The van der Waals surface area contributed by atoms with Crippen molar-refractivity contribution in [2.75, 3.05) is 13.1 Å². The Labute approximate surface area is 54.6 Å². The molecule has 1 radical (unpaired) electrons. The van der Waals surface area contributed by atoms with E-state index < -0.39 is 0 Å². The second kappa shape index (κ2) is 2.82. The molecule has 51 valence electrons. The van der Waals surface area contributed by atoms with Gasteiger partial charge in [0.25, 0.3) is 0 Å². The summed E-state index contributed by atoms with van der Waals surface area (Å²) in [4.78, 5) is 10.5. The fraction of sp³-hybridized carbons (Fsp3) is 0.833. The highest BCUT2D eigenvalue weighted by Crippen LogP contribution is 2.10. The quantitative estimate of drug-likeness (QED) is 0.506. The largest absolute Gasteiger partial charge is 0.369 e. The van der Waals surface area contributed by atoms with E-state index in [1.807, 2.05) is 0 Å². The van der Waals surface area contributed by atoms with Crippen molar-refractivity contribution >= 4 is 5.91 Å². The number of rotatable bonds is 1. The number of carbonyl (C=O) groups excluding carboxylic acids is 1. The van der Waals surface area contributed by atoms with E-state index in [4.69, 9.17) is 5.73 Å². The molecule has 2 N–H and O–H groups in total. The topological polar surface area (TPSA) is 57.2 Å². The lowest BCUT2D eigenvalue weighted by Gasteiger charge is -2.17. The third-order valence-electron chi connectivity index (χ3n) is 1.67. The summed E-state index contributed by atoms with van der Waals surface area (Å²) in [7, 11) is 0. The van der Waals surface area contributed by atoms with Crippen molar-refractivity contribution in [3.63, 3.8) is 0 Å². The van der Waals surface area contributed by atoms with Crippen LogP contribution in [0.15, 0.2) is 0 Å². The molecule has 3 heteroatoms. The normalized spacial score (nSPS) is 21.8. The maximum Gasteiger partial charge on any atom is 0.220 e. The zero-order valence-electron chi connectivity index (χ0n) is 5.34. The molecule has 1 aliphatic rings. The Bertz CT molecular complexity index is 108. The molecule has 0 spiro atoms. The Hall–Kier alpha value is -0.570. The van der Waals surface area contributed by atoms with Crippen LogP contribution in [-0.4, -0.2) is 19.0 Å². The van der Waals surface area contributed by atoms with Crippen LogP contribution in [0.4, 0.5) is 0 Å². The fourth-order valence-corrected chi connectivity index (χ4v) is 1.03. The smallest absolute Gasteiger partial charge is 0.220 e. The van der Waals surface area contributed by atoms with Gasteiger partial charge in [-0.25, -0.2) is 5.32 Å². The summed E-state index contributed by atoms with van der Waals surface area (Å²) in [5.41, 5.74) is 5.09. The average Bonchev–Trinajstić information content (AvgIpc) is 1.90. The van der Waals surface area contributed by atoms with Crippen LogP contribution < -0.4 is 11.1 Å². The molecule has 9 heavy (non-hydrogen) atoms. The van der Waals surface area contributed by atoms with E-state index in [2.05, 4.69) is 5.32 Å². The average molecular weight is 127 g/mol. The molecule has 0 unspecified atom stereocenters. The van der Waals surface area contributed by atoms with Crippen molar-refractivity contribution in [2.24, 2.45) is 11.7 Å². The summed E-state index contributed by atoms with van der Waals surface area (Å²) < 4.78 is 0. The highest BCUT2D eigenvalue weighted by molar-refractivity contribution is 5.76. The number of hydrogen-bond acceptors (Lipinski definition) is 1. The van der Waals surface area contributed by atoms with Crippen molar-refractivity contribution in [1.29, 1.82) is 0 Å². The lowest BCUT2D eigenvalue weighted by atomic mass is 9.98. The second-order valence-electron chi connectivity index (χ2n) is 2.35. The minimum atomic E-state index is -0.162. The lowest BCUT2D eigenvalue weighted by Crippen LogP contribution is -2.31. The predicted molar refractivity (Wildman–Crippen MR) is 33.8 cm³/mol. The number of piperidine rings is 1. The van der Waals surface area contributed by atoms with Crippen LogP contribution in [0.2, 0.25) is 0 Å². The molecule has 1 rings (SSSR count). The Morgan fingerprint density at radius 3 is 2.33 bits per heavy atom. The van der Waals surface area contributed by atoms with Crippen LogP contribution in [0, 0.1) is 5.92 Å². The molecule has 0 aromatic rings. The van der Waals surface area contributed by atoms with Crippen molar-refractivity contribution in [3.8, 4) is 0 Å². The zero-order valence-corrected chi connectivity index (χ0v) is 5.34. The summed E-state index contributed by atoms with van der Waals surface area (Å²) in [6.07, 6.45) is 1.71. The fourth-order valence-electron chi connectivity index (χ4n) is 1.03. The van der Waals surface area contributed by atoms with E-state index in [1.54, 1.807) is 0 Å². The molecule has 1 saturated heterocycles. The van der Waals surface area contributed by atoms with Crippen LogP contribution >= 0.6 is 0 Å². The van der Waals surface area contributed by atoms with Gasteiger partial charge in [0.05, 0.1) is 0 Å². The number of nitrogens with zero attached hydrogens (tertiary/aromatic N) is 1. The van der Waals surface area contributed by atoms with Gasteiger partial charge in [-0.05, 0) is 12.8 Å². The van der Waals surface area contributed by atoms with E-state index in [0.717, 1.165) is 25.9 Å². The number of hydrogen-bond donors (Lipinski definition) is 1. The maximum absolute atomic E-state index is 10.5. The van der Waals surface area contributed by atoms with Gasteiger partial charge < -0.3 is 5.73 Å². The van der Waals surface area contributed by atoms with Crippen molar-refractivity contribution in [2.45, 2.75) is 12.8 Å². The first-order valence-electron chi connectivity index (χ1n) is 3.23. The minimum absolute atomic E-state index is 0.0995. The first-order valence-corrected chi connectivity index (χ1v) is 3.23. The summed E-state index contributed by atoms with van der Waals surface area (Å²) in [6.45, 7) is 1.63. The van der Waals surface area contributed by atoms with E-state index in [1.165, 1.54) is 0 Å². The molecule has 0 bridgehead atoms. The Morgan fingerprint density at radius 1 is 1.44 bits per heavy atom. The van der Waals surface area contributed by atoms with Crippen LogP contribution in [-0.2, 0) is 4.79 Å². The highest BCUT2D eigenvalue weighted by Gasteiger charge is 2.17. The molecule has 0 aromatic heterocycles. The van der Waals surface area contributed by atoms with Gasteiger partial charge in [-0.3, -0.25) is 4.79 Å². The summed E-state index contributed by atoms with van der Waals surface area (Å²) in [6, 6.07) is 0. The zero-order chi connectivity index (χ0) is 6.69. The van der Waals surface area contributed by atoms with E-state index in [-0.39, 0.29) is 11.8 Å². The number of primary amides is 1. The summed E-state index contributed by atoms with van der Waals surface area (Å²) in [5, 5.41) is 4.10. The van der Waals surface area contributed by atoms with Gasteiger partial charge in [0.1, 0.15) is 0 Å². The Kier molecular flexibility index (Phi) is 2.05. The molecule has 0 aromatic carbocycles. The Balaban J connectivity index is 2.31. The van der Waals surface area contributed by atoms with E-state index in [0.29, 0.717) is 0 Å². The summed E-state index contributed by atoms with van der Waals surface area (Å²) in [5.74, 6) is -0.0626. The van der Waals surface area contributed by atoms with Crippen LogP contribution in [0.1, 0.15) is 12.8 Å². The van der Waals surface area contributed by atoms with Gasteiger partial charge in [-0.1, -0.05) is 0 Å². The molecule has 0 aliphatic carbocycles. The van der Waals surface area contributed by atoms with Gasteiger partial charge in [0.15, 0.2) is 0 Å². The summed E-state index contributed by atoms with van der Waals surface area (Å²) >= 11 is 0. The molecule has 1 fully saturated rings. The number of nitrogens with two attached hydrogens (primary N) is 1. The SMILES string of the molecule is NC(=O)C1CC[N]CC1. The molecule has 0 saturated carbocycles. The third kappa shape index (κ3) is 1.68. The van der Waals surface area contributed by atoms with Crippen LogP contribution in [0.25, 0.3) is 0 Å². The van der Waals surface area contributed by atoms with Gasteiger partial charge in [0, 0.05) is 19.0 Å². The number of carbonyl (C=O) groups is 1. The molecular weight excluding hydrogens is 116 g/mol. The third-order valence-corrected chi connectivity index (χ3v) is 1.67. The van der Waals surface area contributed by atoms with Gasteiger partial charge >= 0.3 is 0 Å². The first-order chi connectivity index (χ1) is 4.30. The van der Waals surface area contributed by atoms with Gasteiger partial charge in [0.2, 0.25) is 5.91 Å². The van der Waals surface area contributed by atoms with Gasteiger partial charge in [-0.15, -0.1) is 0 Å². The highest BCUT2D eigenvalue weighted by atomic mass is 16.1. The molecule has 1 aliphatic heterocycles. The van der Waals surface area contributed by atoms with Gasteiger partial charge in [-0.2, -0.15) is 0 Å². The molecular formula is C6H11N2O. The lowest BCUT2D eigenvalue weighted by molar-refractivity contribution is -0.122. The van der Waals surface area contributed by atoms with Crippen LogP contribution in [0.5, 0.6) is 0 Å². The number of amides is 1. The van der Waals surface area contributed by atoms with Crippen molar-refractivity contribution in [3.05, 3.63) is 0 Å². The van der Waals surface area contributed by atoms with E-state index in [9.17, 15) is 4.79 Å². The van der Waals surface area contributed by atoms with Crippen molar-refractivity contribution < 1.29 is 4.79 Å². The second-order valence-corrected chi connectivity index (χ2v) is 2.35. The predicted octanol–water partition coefficient (Wildman–Crippen LogP) is -0.514. The monoisotopic (exact) mass is 127 g/mol. The first kappa shape index (κ1) is 6.55. The van der Waals surface area contributed by atoms with E-state index >= 15 is 0 Å². The van der Waals surface area contributed by atoms with Crippen molar-refractivity contribution in [1.82, 2.24) is 5.32 Å².